The first-order valence-corrected chi connectivity index (χ1v) is 7.32. The monoisotopic (exact) mass is 297 g/mol. The van der Waals surface area contributed by atoms with Crippen LogP contribution in [0.4, 0.5) is 5.82 Å². The first kappa shape index (κ1) is 15.0. The standard InChI is InChI=1S/C16H20BN3O2/c1-15(2)16(3,4)22-17(21-15)12-8-13(14(18)20-10-12)11-6-5-7-19-9-11/h5-10H,1-4H3,(H2,18,20). The van der Waals surface area contributed by atoms with E-state index in [1.807, 2.05) is 45.9 Å². The van der Waals surface area contributed by atoms with E-state index in [2.05, 4.69) is 9.97 Å². The molecule has 3 heterocycles. The first-order valence-electron chi connectivity index (χ1n) is 7.32. The van der Waals surface area contributed by atoms with Crippen LogP contribution in [0, 0.1) is 0 Å². The second-order valence-corrected chi connectivity index (χ2v) is 6.53. The minimum absolute atomic E-state index is 0.381. The van der Waals surface area contributed by atoms with Gasteiger partial charge in [0.05, 0.1) is 11.2 Å². The molecule has 0 atom stereocenters. The summed E-state index contributed by atoms with van der Waals surface area (Å²) in [6.45, 7) is 8.11. The Bertz CT molecular complexity index is 673. The Balaban J connectivity index is 1.98. The minimum atomic E-state index is -0.450. The fourth-order valence-corrected chi connectivity index (χ4v) is 2.35. The van der Waals surface area contributed by atoms with Gasteiger partial charge in [-0.3, -0.25) is 4.98 Å². The number of hydrogen-bond donors (Lipinski definition) is 1. The molecule has 114 valence electrons. The van der Waals surface area contributed by atoms with E-state index in [9.17, 15) is 0 Å². The molecule has 1 aliphatic heterocycles. The zero-order valence-electron chi connectivity index (χ0n) is 13.3. The summed E-state index contributed by atoms with van der Waals surface area (Å²) < 4.78 is 12.1. The summed E-state index contributed by atoms with van der Waals surface area (Å²) >= 11 is 0. The van der Waals surface area contributed by atoms with Gasteiger partial charge < -0.3 is 15.0 Å². The average molecular weight is 297 g/mol. The highest BCUT2D eigenvalue weighted by Gasteiger charge is 2.51. The molecule has 1 saturated heterocycles. The summed E-state index contributed by atoms with van der Waals surface area (Å²) in [6.07, 6.45) is 5.20. The molecule has 6 heteroatoms. The summed E-state index contributed by atoms with van der Waals surface area (Å²) in [4.78, 5) is 8.42. The Hall–Kier alpha value is -1.92. The molecule has 1 aliphatic rings. The van der Waals surface area contributed by atoms with E-state index < -0.39 is 7.12 Å². The molecule has 0 aliphatic carbocycles. The number of hydrogen-bond acceptors (Lipinski definition) is 5. The molecule has 0 bridgehead atoms. The van der Waals surface area contributed by atoms with Crippen molar-refractivity contribution in [3.8, 4) is 11.1 Å². The number of nitrogens with zero attached hydrogens (tertiary/aromatic N) is 2. The van der Waals surface area contributed by atoms with Crippen LogP contribution in [-0.4, -0.2) is 28.3 Å². The lowest BCUT2D eigenvalue weighted by atomic mass is 9.79. The molecular formula is C16H20BN3O2. The normalized spacial score (nSPS) is 19.4. The quantitative estimate of drug-likeness (QED) is 0.859. The number of rotatable bonds is 2. The molecule has 0 aromatic carbocycles. The number of nitrogens with two attached hydrogens (primary N) is 1. The molecule has 0 radical (unpaired) electrons. The maximum absolute atomic E-state index is 6.06. The van der Waals surface area contributed by atoms with Crippen molar-refractivity contribution in [3.63, 3.8) is 0 Å². The second kappa shape index (κ2) is 5.07. The Morgan fingerprint density at radius 1 is 1.09 bits per heavy atom. The van der Waals surface area contributed by atoms with Crippen LogP contribution in [0.3, 0.4) is 0 Å². The lowest BCUT2D eigenvalue weighted by Crippen LogP contribution is -2.41. The van der Waals surface area contributed by atoms with Gasteiger partial charge in [0.15, 0.2) is 0 Å². The van der Waals surface area contributed by atoms with Crippen molar-refractivity contribution < 1.29 is 9.31 Å². The Labute approximate surface area is 131 Å². The van der Waals surface area contributed by atoms with Gasteiger partial charge in [0.1, 0.15) is 5.82 Å². The zero-order valence-corrected chi connectivity index (χ0v) is 13.3. The second-order valence-electron chi connectivity index (χ2n) is 6.53. The van der Waals surface area contributed by atoms with E-state index in [1.165, 1.54) is 0 Å². The van der Waals surface area contributed by atoms with Crippen molar-refractivity contribution in [3.05, 3.63) is 36.8 Å². The third-order valence-electron chi connectivity index (χ3n) is 4.44. The van der Waals surface area contributed by atoms with Gasteiger partial charge in [-0.1, -0.05) is 6.07 Å². The van der Waals surface area contributed by atoms with E-state index in [0.29, 0.717) is 5.82 Å². The van der Waals surface area contributed by atoms with Crippen LogP contribution in [-0.2, 0) is 9.31 Å². The highest BCUT2D eigenvalue weighted by Crippen LogP contribution is 2.36. The van der Waals surface area contributed by atoms with E-state index in [-0.39, 0.29) is 11.2 Å². The van der Waals surface area contributed by atoms with Gasteiger partial charge in [0.2, 0.25) is 0 Å². The molecular weight excluding hydrogens is 277 g/mol. The molecule has 5 nitrogen and oxygen atoms in total. The van der Waals surface area contributed by atoms with Crippen molar-refractivity contribution in [1.29, 1.82) is 0 Å². The smallest absolute Gasteiger partial charge is 0.399 e. The number of aromatic nitrogens is 2. The highest BCUT2D eigenvalue weighted by molar-refractivity contribution is 6.62. The van der Waals surface area contributed by atoms with E-state index >= 15 is 0 Å². The molecule has 0 unspecified atom stereocenters. The number of nitrogen functional groups attached to an aromatic ring is 1. The topological polar surface area (TPSA) is 70.3 Å². The predicted molar refractivity (Wildman–Crippen MR) is 87.6 cm³/mol. The maximum atomic E-state index is 6.06. The fourth-order valence-electron chi connectivity index (χ4n) is 2.35. The van der Waals surface area contributed by atoms with Crippen LogP contribution < -0.4 is 11.2 Å². The molecule has 0 spiro atoms. The minimum Gasteiger partial charge on any atom is -0.399 e. The summed E-state index contributed by atoms with van der Waals surface area (Å²) in [5.74, 6) is 0.466. The number of anilines is 1. The van der Waals surface area contributed by atoms with Crippen molar-refractivity contribution in [2.75, 3.05) is 5.73 Å². The summed E-state index contributed by atoms with van der Waals surface area (Å²) in [7, 11) is -0.450. The third-order valence-corrected chi connectivity index (χ3v) is 4.44. The van der Waals surface area contributed by atoms with Gasteiger partial charge in [-0.05, 0) is 39.8 Å². The molecule has 1 fully saturated rings. The largest absolute Gasteiger partial charge is 0.496 e. The van der Waals surface area contributed by atoms with Crippen LogP contribution in [0.5, 0.6) is 0 Å². The zero-order chi connectivity index (χ0) is 16.0. The molecule has 2 aromatic rings. The van der Waals surface area contributed by atoms with Crippen LogP contribution in [0.2, 0.25) is 0 Å². The molecule has 3 rings (SSSR count). The van der Waals surface area contributed by atoms with Crippen LogP contribution in [0.25, 0.3) is 11.1 Å². The first-order chi connectivity index (χ1) is 10.3. The maximum Gasteiger partial charge on any atom is 0.496 e. The van der Waals surface area contributed by atoms with Crippen molar-refractivity contribution in [2.45, 2.75) is 38.9 Å². The van der Waals surface area contributed by atoms with Crippen molar-refractivity contribution in [2.24, 2.45) is 0 Å². The third kappa shape index (κ3) is 2.49. The average Bonchev–Trinajstić information content (AvgIpc) is 2.69. The van der Waals surface area contributed by atoms with Crippen molar-refractivity contribution >= 4 is 18.4 Å². The predicted octanol–water partition coefficient (Wildman–Crippen LogP) is 2.02. The van der Waals surface area contributed by atoms with E-state index in [0.717, 1.165) is 16.6 Å². The summed E-state index contributed by atoms with van der Waals surface area (Å²) in [6, 6.07) is 5.78. The lowest BCUT2D eigenvalue weighted by Gasteiger charge is -2.32. The highest BCUT2D eigenvalue weighted by atomic mass is 16.7. The molecule has 0 saturated carbocycles. The van der Waals surface area contributed by atoms with Gasteiger partial charge in [-0.15, -0.1) is 0 Å². The summed E-state index contributed by atoms with van der Waals surface area (Å²) in [5.41, 5.74) is 7.85. The van der Waals surface area contributed by atoms with Crippen molar-refractivity contribution in [1.82, 2.24) is 9.97 Å². The summed E-state index contributed by atoms with van der Waals surface area (Å²) in [5, 5.41) is 0. The molecule has 2 aromatic heterocycles. The van der Waals surface area contributed by atoms with Crippen LogP contribution >= 0.6 is 0 Å². The molecule has 0 amide bonds. The Kier molecular flexibility index (Phi) is 3.46. The van der Waals surface area contributed by atoms with Gasteiger partial charge in [-0.2, -0.15) is 0 Å². The van der Waals surface area contributed by atoms with Gasteiger partial charge in [0.25, 0.3) is 0 Å². The Morgan fingerprint density at radius 3 is 2.36 bits per heavy atom. The lowest BCUT2D eigenvalue weighted by molar-refractivity contribution is 0.00578. The van der Waals surface area contributed by atoms with Gasteiger partial charge >= 0.3 is 7.12 Å². The number of pyridine rings is 2. The van der Waals surface area contributed by atoms with Crippen LogP contribution in [0.15, 0.2) is 36.8 Å². The van der Waals surface area contributed by atoms with Gasteiger partial charge in [-0.25, -0.2) is 4.98 Å². The molecule has 2 N–H and O–H groups in total. The molecule has 22 heavy (non-hydrogen) atoms. The van der Waals surface area contributed by atoms with Crippen LogP contribution in [0.1, 0.15) is 27.7 Å². The Morgan fingerprint density at radius 2 is 1.77 bits per heavy atom. The van der Waals surface area contributed by atoms with E-state index in [4.69, 9.17) is 15.0 Å². The SMILES string of the molecule is CC1(C)OB(c2cnc(N)c(-c3cccnc3)c2)OC1(C)C. The van der Waals surface area contributed by atoms with Gasteiger partial charge in [0, 0.05) is 35.2 Å². The fraction of sp³-hybridized carbons (Fsp3) is 0.375. The van der Waals surface area contributed by atoms with E-state index in [1.54, 1.807) is 18.6 Å².